The lowest BCUT2D eigenvalue weighted by Crippen LogP contribution is -2.12. The second kappa shape index (κ2) is 7.22. The maximum Gasteiger partial charge on any atom is 0.323 e. The zero-order valence-electron chi connectivity index (χ0n) is 11.4. The van der Waals surface area contributed by atoms with Crippen molar-refractivity contribution in [2.75, 3.05) is 24.2 Å². The van der Waals surface area contributed by atoms with Crippen molar-refractivity contribution in [1.29, 1.82) is 0 Å². The Hall–Kier alpha value is -2.45. The molecule has 0 atom stereocenters. The van der Waals surface area contributed by atoms with E-state index >= 15 is 0 Å². The van der Waals surface area contributed by atoms with Crippen LogP contribution >= 0.6 is 0 Å². The van der Waals surface area contributed by atoms with E-state index in [0.29, 0.717) is 19.1 Å². The summed E-state index contributed by atoms with van der Waals surface area (Å²) in [6.45, 7) is 4.02. The lowest BCUT2D eigenvalue weighted by molar-refractivity contribution is 0.292. The fourth-order valence-electron chi connectivity index (χ4n) is 1.50. The minimum absolute atomic E-state index is 0.143. The van der Waals surface area contributed by atoms with Crippen molar-refractivity contribution in [3.05, 3.63) is 12.4 Å². The van der Waals surface area contributed by atoms with Gasteiger partial charge >= 0.3 is 6.01 Å². The van der Waals surface area contributed by atoms with Crippen LogP contribution in [-0.2, 0) is 6.54 Å². The average Bonchev–Trinajstić information content (AvgIpc) is 2.94. The number of aromatic nitrogens is 6. The van der Waals surface area contributed by atoms with E-state index in [0.717, 1.165) is 19.4 Å². The third-order valence-corrected chi connectivity index (χ3v) is 2.39. The van der Waals surface area contributed by atoms with E-state index in [2.05, 4.69) is 30.6 Å². The molecule has 0 aliphatic carbocycles. The van der Waals surface area contributed by atoms with Gasteiger partial charge in [0, 0.05) is 19.3 Å². The Morgan fingerprint density at radius 1 is 1.35 bits per heavy atom. The van der Waals surface area contributed by atoms with Gasteiger partial charge in [-0.05, 0) is 12.8 Å². The summed E-state index contributed by atoms with van der Waals surface area (Å²) in [5, 5.41) is 10.7. The van der Waals surface area contributed by atoms with E-state index in [1.165, 1.54) is 0 Å². The van der Waals surface area contributed by atoms with Crippen molar-refractivity contribution in [3.8, 4) is 6.01 Å². The number of nitrogens with zero attached hydrogens (tertiary/aromatic N) is 6. The van der Waals surface area contributed by atoms with E-state index in [9.17, 15) is 0 Å². The average molecular weight is 278 g/mol. The molecule has 2 aromatic heterocycles. The summed E-state index contributed by atoms with van der Waals surface area (Å²) in [6.07, 6.45) is 5.21. The SMILES string of the molecule is CCCOc1nc(N)nc(NCCCn2ccnn2)n1. The Balaban J connectivity index is 1.80. The number of hydrogen-bond donors (Lipinski definition) is 2. The van der Waals surface area contributed by atoms with E-state index in [-0.39, 0.29) is 12.0 Å². The number of nitrogen functional groups attached to an aromatic ring is 1. The first-order valence-electron chi connectivity index (χ1n) is 6.50. The smallest absolute Gasteiger partial charge is 0.323 e. The monoisotopic (exact) mass is 278 g/mol. The number of nitrogens with two attached hydrogens (primary N) is 1. The molecule has 2 heterocycles. The summed E-state index contributed by atoms with van der Waals surface area (Å²) < 4.78 is 7.10. The Labute approximate surface area is 116 Å². The topological polar surface area (TPSA) is 117 Å². The van der Waals surface area contributed by atoms with E-state index in [1.807, 2.05) is 13.1 Å². The van der Waals surface area contributed by atoms with E-state index in [4.69, 9.17) is 10.5 Å². The van der Waals surface area contributed by atoms with Crippen LogP contribution in [0.2, 0.25) is 0 Å². The van der Waals surface area contributed by atoms with Crippen molar-refractivity contribution in [2.24, 2.45) is 0 Å². The molecule has 2 rings (SSSR count). The Morgan fingerprint density at radius 3 is 3.00 bits per heavy atom. The number of hydrogen-bond acceptors (Lipinski definition) is 8. The van der Waals surface area contributed by atoms with Crippen LogP contribution in [0.4, 0.5) is 11.9 Å². The number of nitrogens with one attached hydrogen (secondary N) is 1. The molecule has 0 aliphatic rings. The van der Waals surface area contributed by atoms with Crippen LogP contribution in [0.1, 0.15) is 19.8 Å². The molecule has 0 amide bonds. The van der Waals surface area contributed by atoms with Gasteiger partial charge in [0.1, 0.15) is 0 Å². The van der Waals surface area contributed by atoms with Crippen molar-refractivity contribution in [3.63, 3.8) is 0 Å². The summed E-state index contributed by atoms with van der Waals surface area (Å²) in [5.41, 5.74) is 5.61. The molecule has 2 aromatic rings. The maximum atomic E-state index is 5.61. The zero-order valence-corrected chi connectivity index (χ0v) is 11.4. The standard InChI is InChI=1S/C11H18N8O/c1-2-8-20-11-16-9(12)15-10(17-11)13-4-3-6-19-7-5-14-18-19/h5,7H,2-4,6,8H2,1H3,(H3,12,13,15,16,17). The van der Waals surface area contributed by atoms with Crippen LogP contribution in [-0.4, -0.2) is 43.1 Å². The number of ether oxygens (including phenoxy) is 1. The van der Waals surface area contributed by atoms with Crippen LogP contribution in [0.15, 0.2) is 12.4 Å². The van der Waals surface area contributed by atoms with Crippen LogP contribution in [0.3, 0.4) is 0 Å². The molecule has 0 aliphatic heterocycles. The largest absolute Gasteiger partial charge is 0.463 e. The molecule has 3 N–H and O–H groups in total. The molecule has 9 heteroatoms. The fourth-order valence-corrected chi connectivity index (χ4v) is 1.50. The van der Waals surface area contributed by atoms with Crippen molar-refractivity contribution in [1.82, 2.24) is 29.9 Å². The summed E-state index contributed by atoms with van der Waals surface area (Å²) >= 11 is 0. The lowest BCUT2D eigenvalue weighted by Gasteiger charge is -2.07. The first-order valence-corrected chi connectivity index (χ1v) is 6.50. The van der Waals surface area contributed by atoms with Gasteiger partial charge in [-0.3, -0.25) is 4.68 Å². The second-order valence-electron chi connectivity index (χ2n) is 4.09. The summed E-state index contributed by atoms with van der Waals surface area (Å²) in [5.74, 6) is 0.562. The molecule has 0 radical (unpaired) electrons. The molecule has 20 heavy (non-hydrogen) atoms. The summed E-state index contributed by atoms with van der Waals surface area (Å²) in [4.78, 5) is 12.1. The molecule has 9 nitrogen and oxygen atoms in total. The van der Waals surface area contributed by atoms with E-state index < -0.39 is 0 Å². The van der Waals surface area contributed by atoms with Gasteiger partial charge in [-0.1, -0.05) is 12.1 Å². The van der Waals surface area contributed by atoms with Gasteiger partial charge in [0.25, 0.3) is 0 Å². The predicted octanol–water partition coefficient (Wildman–Crippen LogP) is 0.336. The van der Waals surface area contributed by atoms with Crippen LogP contribution in [0.5, 0.6) is 6.01 Å². The van der Waals surface area contributed by atoms with Gasteiger partial charge in [0.15, 0.2) is 0 Å². The molecule has 0 fully saturated rings. The third kappa shape index (κ3) is 4.34. The molecular weight excluding hydrogens is 260 g/mol. The van der Waals surface area contributed by atoms with Gasteiger partial charge in [0.05, 0.1) is 12.8 Å². The number of anilines is 2. The number of aryl methyl sites for hydroxylation is 1. The van der Waals surface area contributed by atoms with Crippen LogP contribution in [0.25, 0.3) is 0 Å². The fraction of sp³-hybridized carbons (Fsp3) is 0.545. The highest BCUT2D eigenvalue weighted by Crippen LogP contribution is 2.09. The molecule has 0 saturated carbocycles. The van der Waals surface area contributed by atoms with Gasteiger partial charge < -0.3 is 15.8 Å². The Morgan fingerprint density at radius 2 is 2.25 bits per heavy atom. The molecule has 0 saturated heterocycles. The van der Waals surface area contributed by atoms with Gasteiger partial charge in [-0.15, -0.1) is 5.10 Å². The second-order valence-corrected chi connectivity index (χ2v) is 4.09. The minimum atomic E-state index is 0.143. The molecule has 0 bridgehead atoms. The quantitative estimate of drug-likeness (QED) is 0.664. The molecular formula is C11H18N8O. The highest BCUT2D eigenvalue weighted by Gasteiger charge is 2.04. The normalized spacial score (nSPS) is 10.4. The van der Waals surface area contributed by atoms with Crippen LogP contribution < -0.4 is 15.8 Å². The Kier molecular flexibility index (Phi) is 5.04. The predicted molar refractivity (Wildman–Crippen MR) is 73.2 cm³/mol. The number of rotatable bonds is 8. The van der Waals surface area contributed by atoms with Gasteiger partial charge in [-0.2, -0.15) is 15.0 Å². The lowest BCUT2D eigenvalue weighted by atomic mass is 10.4. The zero-order chi connectivity index (χ0) is 14.2. The first-order chi connectivity index (χ1) is 9.78. The van der Waals surface area contributed by atoms with Gasteiger partial charge in [-0.25, -0.2) is 0 Å². The minimum Gasteiger partial charge on any atom is -0.463 e. The van der Waals surface area contributed by atoms with Gasteiger partial charge in [0.2, 0.25) is 11.9 Å². The molecule has 0 aromatic carbocycles. The molecule has 0 spiro atoms. The van der Waals surface area contributed by atoms with Crippen molar-refractivity contribution >= 4 is 11.9 Å². The van der Waals surface area contributed by atoms with Crippen LogP contribution in [0, 0.1) is 0 Å². The Bertz CT molecular complexity index is 515. The van der Waals surface area contributed by atoms with Crippen molar-refractivity contribution < 1.29 is 4.74 Å². The third-order valence-electron chi connectivity index (χ3n) is 2.39. The highest BCUT2D eigenvalue weighted by molar-refractivity contribution is 5.32. The molecule has 108 valence electrons. The maximum absolute atomic E-state index is 5.61. The van der Waals surface area contributed by atoms with E-state index in [1.54, 1.807) is 10.9 Å². The highest BCUT2D eigenvalue weighted by atomic mass is 16.5. The summed E-state index contributed by atoms with van der Waals surface area (Å²) in [7, 11) is 0. The molecule has 0 unspecified atom stereocenters. The first kappa shape index (κ1) is 14.0. The summed E-state index contributed by atoms with van der Waals surface area (Å²) in [6, 6.07) is 0.248. The van der Waals surface area contributed by atoms with Crippen molar-refractivity contribution in [2.45, 2.75) is 26.3 Å².